The number of aliphatic imine (C=N–C) groups is 1. The van der Waals surface area contributed by atoms with Crippen molar-refractivity contribution in [3.8, 4) is 0 Å². The van der Waals surface area contributed by atoms with Gasteiger partial charge in [-0.15, -0.1) is 0 Å². The fourth-order valence-electron chi connectivity index (χ4n) is 3.23. The average Bonchev–Trinajstić information content (AvgIpc) is 3.07. The van der Waals surface area contributed by atoms with Gasteiger partial charge in [0.25, 0.3) is 5.91 Å². The lowest BCUT2D eigenvalue weighted by molar-refractivity contribution is -0.128. The molecule has 0 aromatic heterocycles. The lowest BCUT2D eigenvalue weighted by Gasteiger charge is -2.16. The Bertz CT molecular complexity index is 939. The largest absolute Gasteiger partial charge is 0.344 e. The van der Waals surface area contributed by atoms with E-state index >= 15 is 0 Å². The molecule has 0 radical (unpaired) electrons. The molecule has 3 N–H and O–H groups in total. The van der Waals surface area contributed by atoms with E-state index in [1.807, 2.05) is 48.5 Å². The number of nitrogens with zero attached hydrogens (tertiary/aromatic N) is 1. The number of anilines is 1. The number of nitrogens with one attached hydrogen (secondary N) is 3. The van der Waals surface area contributed by atoms with Crippen molar-refractivity contribution in [2.24, 2.45) is 4.99 Å². The summed E-state index contributed by atoms with van der Waals surface area (Å²) in [4.78, 5) is 41.0. The normalized spacial score (nSPS) is 21.4. The van der Waals surface area contributed by atoms with Crippen molar-refractivity contribution in [1.29, 1.82) is 0 Å². The van der Waals surface area contributed by atoms with Crippen LogP contribution in [0.4, 0.5) is 5.69 Å². The van der Waals surface area contributed by atoms with E-state index in [2.05, 4.69) is 20.9 Å². The molecule has 2 aliphatic rings. The number of rotatable bonds is 3. The molecule has 2 heterocycles. The van der Waals surface area contributed by atoms with Crippen molar-refractivity contribution in [3.05, 3.63) is 65.7 Å². The molecule has 4 rings (SSSR count). The van der Waals surface area contributed by atoms with Crippen LogP contribution in [0.15, 0.2) is 59.6 Å². The van der Waals surface area contributed by atoms with Gasteiger partial charge in [0.1, 0.15) is 6.04 Å². The molecule has 2 aromatic carbocycles. The molecule has 0 bridgehead atoms. The lowest BCUT2D eigenvalue weighted by atomic mass is 10.0. The molecule has 27 heavy (non-hydrogen) atoms. The summed E-state index contributed by atoms with van der Waals surface area (Å²) in [5.41, 5.74) is 2.87. The summed E-state index contributed by atoms with van der Waals surface area (Å²) in [5, 5.41) is 8.08. The smallest absolute Gasteiger partial charge is 0.269 e. The Morgan fingerprint density at radius 3 is 2.52 bits per heavy atom. The minimum Gasteiger partial charge on any atom is -0.344 e. The molecule has 2 aliphatic heterocycles. The van der Waals surface area contributed by atoms with Gasteiger partial charge < -0.3 is 16.0 Å². The molecule has 0 spiro atoms. The first-order chi connectivity index (χ1) is 13.1. The topological polar surface area (TPSA) is 99.7 Å². The molecular formula is C20H18N4O3. The van der Waals surface area contributed by atoms with Crippen molar-refractivity contribution in [2.45, 2.75) is 25.0 Å². The van der Waals surface area contributed by atoms with E-state index in [-0.39, 0.29) is 5.91 Å². The summed E-state index contributed by atoms with van der Waals surface area (Å²) in [6.45, 7) is 0. The third kappa shape index (κ3) is 3.44. The summed E-state index contributed by atoms with van der Waals surface area (Å²) in [6, 6.07) is 16.2. The van der Waals surface area contributed by atoms with Gasteiger partial charge in [0.2, 0.25) is 18.0 Å². The fourth-order valence-corrected chi connectivity index (χ4v) is 3.23. The molecule has 3 amide bonds. The van der Waals surface area contributed by atoms with Crippen LogP contribution >= 0.6 is 0 Å². The Balaban J connectivity index is 1.69. The van der Waals surface area contributed by atoms with Crippen LogP contribution in [0.2, 0.25) is 0 Å². The Morgan fingerprint density at radius 1 is 1.04 bits per heavy atom. The number of benzene rings is 2. The highest BCUT2D eigenvalue weighted by Crippen LogP contribution is 2.23. The van der Waals surface area contributed by atoms with Crippen LogP contribution < -0.4 is 16.0 Å². The van der Waals surface area contributed by atoms with Crippen LogP contribution in [0.25, 0.3) is 0 Å². The Kier molecular flexibility index (Phi) is 4.42. The third-order valence-corrected chi connectivity index (χ3v) is 4.58. The van der Waals surface area contributed by atoms with Crippen molar-refractivity contribution in [2.75, 3.05) is 5.32 Å². The SMILES string of the molecule is O=C1CCC(C(=O)NC2N=C(c3ccccc3)c3ccccc3NC2=O)N1. The van der Waals surface area contributed by atoms with Crippen LogP contribution in [0.5, 0.6) is 0 Å². The van der Waals surface area contributed by atoms with Crippen LogP contribution in [0.1, 0.15) is 24.0 Å². The van der Waals surface area contributed by atoms with Gasteiger partial charge in [-0.3, -0.25) is 14.4 Å². The predicted octanol–water partition coefficient (Wildman–Crippen LogP) is 1.20. The fraction of sp³-hybridized carbons (Fsp3) is 0.200. The second-order valence-electron chi connectivity index (χ2n) is 6.45. The quantitative estimate of drug-likeness (QED) is 0.765. The van der Waals surface area contributed by atoms with E-state index in [4.69, 9.17) is 0 Å². The van der Waals surface area contributed by atoms with Crippen molar-refractivity contribution >= 4 is 29.1 Å². The van der Waals surface area contributed by atoms with E-state index in [9.17, 15) is 14.4 Å². The number of fused-ring (bicyclic) bond motifs is 1. The number of hydrogen-bond donors (Lipinski definition) is 3. The molecular weight excluding hydrogens is 344 g/mol. The van der Waals surface area contributed by atoms with E-state index in [1.165, 1.54) is 0 Å². The Hall–Kier alpha value is -3.48. The summed E-state index contributed by atoms with van der Waals surface area (Å²) < 4.78 is 0. The lowest BCUT2D eigenvalue weighted by Crippen LogP contribution is -2.49. The van der Waals surface area contributed by atoms with E-state index in [0.717, 1.165) is 11.1 Å². The van der Waals surface area contributed by atoms with E-state index < -0.39 is 24.0 Å². The molecule has 7 nitrogen and oxygen atoms in total. The molecule has 0 saturated carbocycles. The molecule has 7 heteroatoms. The highest BCUT2D eigenvalue weighted by atomic mass is 16.2. The van der Waals surface area contributed by atoms with Gasteiger partial charge >= 0.3 is 0 Å². The molecule has 2 aromatic rings. The summed E-state index contributed by atoms with van der Waals surface area (Å²) in [7, 11) is 0. The zero-order chi connectivity index (χ0) is 18.8. The second-order valence-corrected chi connectivity index (χ2v) is 6.45. The van der Waals surface area contributed by atoms with Crippen molar-refractivity contribution in [3.63, 3.8) is 0 Å². The molecule has 2 atom stereocenters. The van der Waals surface area contributed by atoms with Gasteiger partial charge in [-0.25, -0.2) is 4.99 Å². The van der Waals surface area contributed by atoms with Gasteiger partial charge in [0, 0.05) is 17.5 Å². The number of hydrogen-bond acceptors (Lipinski definition) is 4. The maximum absolute atomic E-state index is 12.6. The van der Waals surface area contributed by atoms with Gasteiger partial charge in [-0.05, 0) is 12.5 Å². The average molecular weight is 362 g/mol. The molecule has 1 saturated heterocycles. The highest BCUT2D eigenvalue weighted by molar-refractivity contribution is 6.19. The monoisotopic (exact) mass is 362 g/mol. The first-order valence-corrected chi connectivity index (χ1v) is 8.75. The van der Waals surface area contributed by atoms with Gasteiger partial charge in [0.15, 0.2) is 0 Å². The maximum Gasteiger partial charge on any atom is 0.269 e. The maximum atomic E-state index is 12.6. The summed E-state index contributed by atoms with van der Waals surface area (Å²) >= 11 is 0. The van der Waals surface area contributed by atoms with Crippen LogP contribution in [0.3, 0.4) is 0 Å². The van der Waals surface area contributed by atoms with Crippen LogP contribution in [0, 0.1) is 0 Å². The number of carbonyl (C=O) groups is 3. The number of carbonyl (C=O) groups excluding carboxylic acids is 3. The van der Waals surface area contributed by atoms with E-state index in [0.29, 0.717) is 24.2 Å². The van der Waals surface area contributed by atoms with E-state index in [1.54, 1.807) is 6.07 Å². The zero-order valence-electron chi connectivity index (χ0n) is 14.4. The number of amides is 3. The summed E-state index contributed by atoms with van der Waals surface area (Å²) in [6.07, 6.45) is -0.370. The van der Waals surface area contributed by atoms with Crippen molar-refractivity contribution < 1.29 is 14.4 Å². The predicted molar refractivity (Wildman–Crippen MR) is 100 cm³/mol. The van der Waals surface area contributed by atoms with Gasteiger partial charge in [0.05, 0.1) is 11.4 Å². The molecule has 0 aliphatic carbocycles. The third-order valence-electron chi connectivity index (χ3n) is 4.58. The first-order valence-electron chi connectivity index (χ1n) is 8.75. The van der Waals surface area contributed by atoms with Crippen LogP contribution in [-0.4, -0.2) is 35.6 Å². The van der Waals surface area contributed by atoms with Gasteiger partial charge in [-0.1, -0.05) is 48.5 Å². The molecule has 1 fully saturated rings. The standard InChI is InChI=1S/C20H18N4O3/c25-16-11-10-15(21-16)19(26)24-18-20(27)22-14-9-5-4-8-13(14)17(23-18)12-6-2-1-3-7-12/h1-9,15,18H,10-11H2,(H,21,25)(H,22,27)(H,24,26). The molecule has 136 valence electrons. The first kappa shape index (κ1) is 17.0. The minimum absolute atomic E-state index is 0.165. The Morgan fingerprint density at radius 2 is 1.78 bits per heavy atom. The van der Waals surface area contributed by atoms with Gasteiger partial charge in [-0.2, -0.15) is 0 Å². The zero-order valence-corrected chi connectivity index (χ0v) is 14.4. The highest BCUT2D eigenvalue weighted by Gasteiger charge is 2.32. The second kappa shape index (κ2) is 7.03. The Labute approximate surface area is 155 Å². The number of benzodiazepines with no additional fused rings is 1. The summed E-state index contributed by atoms with van der Waals surface area (Å²) in [5.74, 6) is -1.00. The minimum atomic E-state index is -1.09. The number of para-hydroxylation sites is 1. The van der Waals surface area contributed by atoms with Crippen molar-refractivity contribution in [1.82, 2.24) is 10.6 Å². The molecule has 2 unspecified atom stereocenters. The van der Waals surface area contributed by atoms with Crippen LogP contribution in [-0.2, 0) is 14.4 Å².